The summed E-state index contributed by atoms with van der Waals surface area (Å²) >= 11 is 0. The highest BCUT2D eigenvalue weighted by Crippen LogP contribution is 2.36. The summed E-state index contributed by atoms with van der Waals surface area (Å²) in [5, 5.41) is 0. The lowest BCUT2D eigenvalue weighted by Gasteiger charge is -2.24. The molecule has 0 fully saturated rings. The molecule has 8 heteroatoms. The Kier molecular flexibility index (Phi) is 4.71. The Morgan fingerprint density at radius 3 is 2.72 bits per heavy atom. The van der Waals surface area contributed by atoms with Gasteiger partial charge in [-0.05, 0) is 32.3 Å². The molecule has 3 N–H and O–H groups in total. The fraction of sp³-hybridized carbons (Fsp3) is 0.286. The van der Waals surface area contributed by atoms with Crippen molar-refractivity contribution in [3.05, 3.63) is 42.5 Å². The Morgan fingerprint density at radius 2 is 2.00 bits per heavy atom. The molecule has 0 spiro atoms. The number of hydrogen-bond donors (Lipinski definition) is 2. The largest absolute Gasteiger partial charge is 0.373 e. The molecule has 0 aliphatic rings. The first kappa shape index (κ1) is 18.9. The van der Waals surface area contributed by atoms with Crippen molar-refractivity contribution in [2.45, 2.75) is 0 Å². The van der Waals surface area contributed by atoms with E-state index < -0.39 is 5.91 Å². The molecule has 0 aliphatic heterocycles. The Morgan fingerprint density at radius 1 is 1.21 bits per heavy atom. The van der Waals surface area contributed by atoms with Crippen LogP contribution in [0.5, 0.6) is 0 Å². The van der Waals surface area contributed by atoms with Gasteiger partial charge in [0.2, 0.25) is 0 Å². The third-order valence-electron chi connectivity index (χ3n) is 5.27. The zero-order valence-electron chi connectivity index (χ0n) is 17.1. The first-order chi connectivity index (χ1) is 13.9. The molecule has 4 rings (SSSR count). The predicted molar refractivity (Wildman–Crippen MR) is 116 cm³/mol. The average Bonchev–Trinajstić information content (AvgIpc) is 3.31. The van der Waals surface area contributed by atoms with Crippen LogP contribution in [0.15, 0.2) is 36.9 Å². The van der Waals surface area contributed by atoms with Crippen molar-refractivity contribution in [2.24, 2.45) is 12.8 Å². The van der Waals surface area contributed by atoms with Gasteiger partial charge in [0.1, 0.15) is 0 Å². The number of anilines is 1. The van der Waals surface area contributed by atoms with E-state index in [-0.39, 0.29) is 0 Å². The summed E-state index contributed by atoms with van der Waals surface area (Å²) < 4.78 is 2.04. The smallest absolute Gasteiger partial charge is 0.253 e. The maximum absolute atomic E-state index is 12.3. The number of likely N-dealkylation sites (N-methyl/N-ethyl adjacent to an activating group) is 2. The molecule has 1 amide bonds. The third-order valence-corrected chi connectivity index (χ3v) is 5.27. The van der Waals surface area contributed by atoms with Gasteiger partial charge in [-0.25, -0.2) is 4.98 Å². The molecular weight excluding hydrogens is 366 g/mol. The van der Waals surface area contributed by atoms with Crippen LogP contribution in [0.25, 0.3) is 33.2 Å². The van der Waals surface area contributed by atoms with Crippen molar-refractivity contribution >= 4 is 33.7 Å². The van der Waals surface area contributed by atoms with Gasteiger partial charge in [-0.15, -0.1) is 0 Å². The normalized spacial score (nSPS) is 11.6. The number of carbonyl (C=O) groups excluding carboxylic acids is 1. The number of aryl methyl sites for hydroxylation is 1. The van der Waals surface area contributed by atoms with Gasteiger partial charge in [0, 0.05) is 50.7 Å². The predicted octanol–water partition coefficient (Wildman–Crippen LogP) is 2.21. The number of fused-ring (bicyclic) bond motifs is 2. The molecule has 3 heterocycles. The fourth-order valence-corrected chi connectivity index (χ4v) is 3.62. The number of H-pyrrole nitrogens is 1. The number of imidazole rings is 1. The molecule has 0 aliphatic carbocycles. The molecule has 8 nitrogen and oxygen atoms in total. The van der Waals surface area contributed by atoms with Gasteiger partial charge in [-0.2, -0.15) is 0 Å². The van der Waals surface area contributed by atoms with Gasteiger partial charge >= 0.3 is 0 Å². The summed E-state index contributed by atoms with van der Waals surface area (Å²) in [4.78, 5) is 28.7. The second kappa shape index (κ2) is 7.21. The quantitative estimate of drug-likeness (QED) is 0.525. The first-order valence-electron chi connectivity index (χ1n) is 9.44. The van der Waals surface area contributed by atoms with Crippen molar-refractivity contribution in [1.29, 1.82) is 0 Å². The molecule has 1 aromatic carbocycles. The molecule has 0 radical (unpaired) electrons. The Bertz CT molecular complexity index is 1200. The van der Waals surface area contributed by atoms with Crippen molar-refractivity contribution < 1.29 is 4.79 Å². The summed E-state index contributed by atoms with van der Waals surface area (Å²) in [5.41, 5.74) is 12.2. The SMILES string of the molecule is CN(C)CCN(C)c1cc(-c2cnc3ccn(C)c3c2)c2nc[nH]c2c1C(N)=O. The van der Waals surface area contributed by atoms with Crippen LogP contribution in [0.1, 0.15) is 10.4 Å². The van der Waals surface area contributed by atoms with E-state index in [1.807, 2.05) is 57.3 Å². The zero-order valence-corrected chi connectivity index (χ0v) is 17.1. The lowest BCUT2D eigenvalue weighted by atomic mass is 9.99. The van der Waals surface area contributed by atoms with Crippen LogP contribution < -0.4 is 10.6 Å². The third kappa shape index (κ3) is 3.31. The van der Waals surface area contributed by atoms with E-state index in [1.165, 1.54) is 0 Å². The van der Waals surface area contributed by atoms with Crippen LogP contribution >= 0.6 is 0 Å². The van der Waals surface area contributed by atoms with E-state index in [9.17, 15) is 4.79 Å². The monoisotopic (exact) mass is 391 g/mol. The minimum Gasteiger partial charge on any atom is -0.373 e. The number of hydrogen-bond acceptors (Lipinski definition) is 5. The van der Waals surface area contributed by atoms with Crippen molar-refractivity contribution in [3.8, 4) is 11.1 Å². The summed E-state index contributed by atoms with van der Waals surface area (Å²) in [6, 6.07) is 6.07. The molecule has 0 bridgehead atoms. The number of nitrogens with zero attached hydrogens (tertiary/aromatic N) is 5. The summed E-state index contributed by atoms with van der Waals surface area (Å²) in [6.45, 7) is 1.60. The van der Waals surface area contributed by atoms with Crippen LogP contribution in [0.3, 0.4) is 0 Å². The number of nitrogens with one attached hydrogen (secondary N) is 1. The first-order valence-corrected chi connectivity index (χ1v) is 9.44. The van der Waals surface area contributed by atoms with Crippen molar-refractivity contribution in [2.75, 3.05) is 39.1 Å². The number of rotatable bonds is 6. The molecule has 0 saturated carbocycles. The number of amides is 1. The van der Waals surface area contributed by atoms with Gasteiger partial charge in [-0.1, -0.05) is 0 Å². The van der Waals surface area contributed by atoms with Crippen LogP contribution in [0.4, 0.5) is 5.69 Å². The number of benzene rings is 1. The number of pyridine rings is 1. The molecule has 0 atom stereocenters. The Balaban J connectivity index is 1.93. The van der Waals surface area contributed by atoms with Gasteiger partial charge in [0.05, 0.1) is 39.6 Å². The number of aromatic nitrogens is 4. The molecule has 3 aromatic heterocycles. The molecule has 4 aromatic rings. The van der Waals surface area contributed by atoms with E-state index >= 15 is 0 Å². The van der Waals surface area contributed by atoms with Crippen LogP contribution in [0, 0.1) is 0 Å². The van der Waals surface area contributed by atoms with Crippen molar-refractivity contribution in [3.63, 3.8) is 0 Å². The minimum absolute atomic E-state index is 0.454. The maximum Gasteiger partial charge on any atom is 0.253 e. The lowest BCUT2D eigenvalue weighted by Crippen LogP contribution is -2.30. The van der Waals surface area contributed by atoms with Gasteiger partial charge in [0.25, 0.3) is 5.91 Å². The van der Waals surface area contributed by atoms with E-state index in [0.29, 0.717) is 16.6 Å². The summed E-state index contributed by atoms with van der Waals surface area (Å²) in [6.07, 6.45) is 5.43. The fourth-order valence-electron chi connectivity index (χ4n) is 3.62. The maximum atomic E-state index is 12.3. The van der Waals surface area contributed by atoms with Crippen LogP contribution in [0.2, 0.25) is 0 Å². The highest BCUT2D eigenvalue weighted by molar-refractivity contribution is 6.13. The van der Waals surface area contributed by atoms with E-state index in [2.05, 4.69) is 30.8 Å². The van der Waals surface area contributed by atoms with Gasteiger partial charge in [0.15, 0.2) is 0 Å². The lowest BCUT2D eigenvalue weighted by molar-refractivity contribution is 0.100. The highest BCUT2D eigenvalue weighted by Gasteiger charge is 2.22. The average molecular weight is 391 g/mol. The summed E-state index contributed by atoms with van der Waals surface area (Å²) in [5.74, 6) is -0.478. The minimum atomic E-state index is -0.478. The van der Waals surface area contributed by atoms with E-state index in [0.717, 1.165) is 40.9 Å². The van der Waals surface area contributed by atoms with Crippen LogP contribution in [-0.2, 0) is 7.05 Å². The van der Waals surface area contributed by atoms with Gasteiger partial charge in [-0.3, -0.25) is 9.78 Å². The standard InChI is InChI=1S/C21H25N7O/c1-26(2)7-8-28(4)17-10-14(19-20(25-12-24-19)18(17)21(22)29)13-9-16-15(23-11-13)5-6-27(16)3/h5-6,9-12H,7-8H2,1-4H3,(H2,22,29)(H,24,25). The molecular formula is C21H25N7O. The Labute approximate surface area is 168 Å². The number of nitrogens with two attached hydrogens (primary N) is 1. The van der Waals surface area contributed by atoms with E-state index in [4.69, 9.17) is 5.73 Å². The highest BCUT2D eigenvalue weighted by atomic mass is 16.1. The van der Waals surface area contributed by atoms with Gasteiger partial charge < -0.3 is 25.1 Å². The second-order valence-electron chi connectivity index (χ2n) is 7.59. The van der Waals surface area contributed by atoms with Crippen molar-refractivity contribution in [1.82, 2.24) is 24.4 Å². The molecule has 0 unspecified atom stereocenters. The zero-order chi connectivity index (χ0) is 20.7. The van der Waals surface area contributed by atoms with Crippen LogP contribution in [-0.4, -0.2) is 64.6 Å². The van der Waals surface area contributed by atoms with E-state index in [1.54, 1.807) is 6.33 Å². The number of carbonyl (C=O) groups is 1. The second-order valence-corrected chi connectivity index (χ2v) is 7.59. The Hall–Kier alpha value is -3.39. The number of aromatic amines is 1. The molecule has 0 saturated heterocycles. The topological polar surface area (TPSA) is 96.1 Å². The molecule has 150 valence electrons. The summed E-state index contributed by atoms with van der Waals surface area (Å²) in [7, 11) is 8.00. The molecule has 29 heavy (non-hydrogen) atoms. The number of primary amides is 1.